The van der Waals surface area contributed by atoms with E-state index in [9.17, 15) is 4.79 Å². The van der Waals surface area contributed by atoms with Gasteiger partial charge >= 0.3 is 5.97 Å². The maximum atomic E-state index is 11.1. The van der Waals surface area contributed by atoms with Gasteiger partial charge in [0.15, 0.2) is 0 Å². The molecule has 2 rings (SSSR count). The van der Waals surface area contributed by atoms with Crippen molar-refractivity contribution in [3.8, 4) is 0 Å². The molecule has 0 radical (unpaired) electrons. The summed E-state index contributed by atoms with van der Waals surface area (Å²) in [6.45, 7) is 10.3. The van der Waals surface area contributed by atoms with Gasteiger partial charge in [0, 0.05) is 38.0 Å². The third-order valence-electron chi connectivity index (χ3n) is 4.22. The first-order valence-corrected chi connectivity index (χ1v) is 9.22. The van der Waals surface area contributed by atoms with E-state index < -0.39 is 12.0 Å². The van der Waals surface area contributed by atoms with E-state index in [0.29, 0.717) is 25.0 Å². The lowest BCUT2D eigenvalue weighted by atomic mass is 10.0. The van der Waals surface area contributed by atoms with E-state index in [2.05, 4.69) is 51.0 Å². The maximum Gasteiger partial charge on any atom is 0.321 e. The van der Waals surface area contributed by atoms with Gasteiger partial charge in [-0.15, -0.1) is 13.2 Å². The molecule has 1 atom stereocenters. The molecule has 1 aliphatic rings. The molecule has 0 spiro atoms. The minimum atomic E-state index is -0.867. The lowest BCUT2D eigenvalue weighted by Crippen LogP contribution is -2.49. The molecular formula is C17H26N6O2S. The molecule has 26 heavy (non-hydrogen) atoms. The average Bonchev–Trinajstić information content (AvgIpc) is 2.66. The Kier molecular flexibility index (Phi) is 7.86. The van der Waals surface area contributed by atoms with Crippen molar-refractivity contribution in [2.75, 3.05) is 41.7 Å². The number of nitrogens with zero attached hydrogens (tertiary/aromatic N) is 5. The summed E-state index contributed by atoms with van der Waals surface area (Å²) < 4.78 is 0. The average molecular weight is 379 g/mol. The van der Waals surface area contributed by atoms with Gasteiger partial charge in [0.2, 0.25) is 11.9 Å². The lowest BCUT2D eigenvalue weighted by Gasteiger charge is -2.33. The fourth-order valence-corrected chi connectivity index (χ4v) is 3.13. The van der Waals surface area contributed by atoms with Gasteiger partial charge in [0.1, 0.15) is 12.4 Å². The van der Waals surface area contributed by atoms with Crippen LogP contribution in [-0.2, 0) is 4.79 Å². The third kappa shape index (κ3) is 5.43. The Morgan fingerprint density at radius 1 is 1.38 bits per heavy atom. The number of hydrogen-bond donors (Lipinski definition) is 3. The van der Waals surface area contributed by atoms with Crippen LogP contribution in [0.4, 0.5) is 11.9 Å². The molecule has 1 fully saturated rings. The van der Waals surface area contributed by atoms with Gasteiger partial charge in [-0.2, -0.15) is 17.6 Å². The number of rotatable bonds is 10. The summed E-state index contributed by atoms with van der Waals surface area (Å²) in [6.07, 6.45) is 6.75. The van der Waals surface area contributed by atoms with Crippen LogP contribution in [0.3, 0.4) is 0 Å². The predicted octanol–water partition coefficient (Wildman–Crippen LogP) is 0.991. The fourth-order valence-electron chi connectivity index (χ4n) is 2.87. The molecule has 0 aromatic carbocycles. The van der Waals surface area contributed by atoms with Crippen molar-refractivity contribution in [2.45, 2.75) is 24.9 Å². The number of aliphatic carboxylic acids is 1. The molecule has 9 heteroatoms. The number of piperidine rings is 1. The Hall–Kier alpha value is -2.13. The van der Waals surface area contributed by atoms with E-state index in [4.69, 9.17) is 5.11 Å². The number of aromatic nitrogens is 3. The van der Waals surface area contributed by atoms with Gasteiger partial charge < -0.3 is 20.2 Å². The molecule has 8 nitrogen and oxygen atoms in total. The lowest BCUT2D eigenvalue weighted by molar-refractivity contribution is -0.139. The second kappa shape index (κ2) is 10.1. The van der Waals surface area contributed by atoms with Crippen molar-refractivity contribution in [1.29, 1.82) is 0 Å². The topological polar surface area (TPSA) is 94.5 Å². The highest BCUT2D eigenvalue weighted by atomic mass is 32.1. The Morgan fingerprint density at radius 2 is 2.04 bits per heavy atom. The van der Waals surface area contributed by atoms with Gasteiger partial charge in [-0.05, 0) is 12.8 Å². The van der Waals surface area contributed by atoms with Crippen molar-refractivity contribution < 1.29 is 9.90 Å². The Balaban J connectivity index is 1.98. The van der Waals surface area contributed by atoms with Gasteiger partial charge in [0.25, 0.3) is 0 Å². The first-order chi connectivity index (χ1) is 12.6. The number of anilines is 2. The van der Waals surface area contributed by atoms with Crippen LogP contribution < -0.4 is 15.1 Å². The summed E-state index contributed by atoms with van der Waals surface area (Å²) in [4.78, 5) is 28.3. The summed E-state index contributed by atoms with van der Waals surface area (Å²) in [5, 5.41) is 12.3. The molecular weight excluding hydrogens is 352 g/mol. The van der Waals surface area contributed by atoms with E-state index in [1.165, 1.54) is 6.33 Å². The molecule has 1 unspecified atom stereocenters. The fraction of sp³-hybridized carbons (Fsp3) is 0.529. The molecule has 0 aliphatic carbocycles. The maximum absolute atomic E-state index is 11.1. The van der Waals surface area contributed by atoms with Gasteiger partial charge in [-0.1, -0.05) is 12.2 Å². The predicted molar refractivity (Wildman–Crippen MR) is 106 cm³/mol. The first kappa shape index (κ1) is 20.2. The highest BCUT2D eigenvalue weighted by Crippen LogP contribution is 2.18. The van der Waals surface area contributed by atoms with Crippen LogP contribution in [0.1, 0.15) is 12.8 Å². The van der Waals surface area contributed by atoms with Crippen LogP contribution in [0, 0.1) is 0 Å². The SMILES string of the molecule is C=CCN(CC=C)c1ncnc(N2CCC(NC(CS)C(=O)O)CC2)n1. The van der Waals surface area contributed by atoms with E-state index in [1.807, 2.05) is 4.90 Å². The monoisotopic (exact) mass is 378 g/mol. The highest BCUT2D eigenvalue weighted by Gasteiger charge is 2.25. The van der Waals surface area contributed by atoms with E-state index in [0.717, 1.165) is 25.9 Å². The Morgan fingerprint density at radius 3 is 2.58 bits per heavy atom. The zero-order chi connectivity index (χ0) is 18.9. The number of carboxylic acid groups (broad SMARTS) is 1. The van der Waals surface area contributed by atoms with E-state index >= 15 is 0 Å². The molecule has 1 aliphatic heterocycles. The third-order valence-corrected chi connectivity index (χ3v) is 4.59. The minimum Gasteiger partial charge on any atom is -0.480 e. The number of carboxylic acids is 1. The van der Waals surface area contributed by atoms with Crippen molar-refractivity contribution in [1.82, 2.24) is 20.3 Å². The summed E-state index contributed by atoms with van der Waals surface area (Å²) in [5.74, 6) is 0.634. The Labute approximate surface area is 159 Å². The molecule has 1 aromatic heterocycles. The van der Waals surface area contributed by atoms with Gasteiger partial charge in [-0.25, -0.2) is 9.97 Å². The van der Waals surface area contributed by atoms with Crippen molar-refractivity contribution in [3.05, 3.63) is 31.6 Å². The molecule has 142 valence electrons. The highest BCUT2D eigenvalue weighted by molar-refractivity contribution is 7.80. The standard InChI is InChI=1S/C17H26N6O2S/c1-3-7-22(8-4-2)16-18-12-19-17(21-16)23-9-5-13(6-10-23)20-14(11-26)15(24)25/h3-4,12-14,20,26H,1-2,5-11H2,(H,24,25). The zero-order valence-electron chi connectivity index (χ0n) is 14.8. The first-order valence-electron chi connectivity index (χ1n) is 8.59. The smallest absolute Gasteiger partial charge is 0.321 e. The zero-order valence-corrected chi connectivity index (χ0v) is 15.7. The van der Waals surface area contributed by atoms with Crippen molar-refractivity contribution in [2.24, 2.45) is 0 Å². The van der Waals surface area contributed by atoms with E-state index in [1.54, 1.807) is 12.2 Å². The van der Waals surface area contributed by atoms with Gasteiger partial charge in [-0.3, -0.25) is 4.79 Å². The van der Waals surface area contributed by atoms with Crippen LogP contribution in [-0.4, -0.2) is 70.0 Å². The summed E-state index contributed by atoms with van der Waals surface area (Å²) in [5.41, 5.74) is 0. The molecule has 1 aromatic rings. The molecule has 2 N–H and O–H groups in total. The van der Waals surface area contributed by atoms with Crippen LogP contribution in [0.5, 0.6) is 0 Å². The van der Waals surface area contributed by atoms with Crippen LogP contribution in [0.25, 0.3) is 0 Å². The molecule has 0 saturated carbocycles. The van der Waals surface area contributed by atoms with Crippen molar-refractivity contribution >= 4 is 30.5 Å². The van der Waals surface area contributed by atoms with Crippen LogP contribution in [0.2, 0.25) is 0 Å². The number of hydrogen-bond acceptors (Lipinski definition) is 8. The Bertz CT molecular complexity index is 611. The summed E-state index contributed by atoms with van der Waals surface area (Å²) in [6, 6.07) is -0.469. The van der Waals surface area contributed by atoms with Crippen LogP contribution in [0.15, 0.2) is 31.6 Å². The summed E-state index contributed by atoms with van der Waals surface area (Å²) >= 11 is 4.09. The van der Waals surface area contributed by atoms with Crippen LogP contribution >= 0.6 is 12.6 Å². The molecule has 1 saturated heterocycles. The largest absolute Gasteiger partial charge is 0.480 e. The summed E-state index contributed by atoms with van der Waals surface area (Å²) in [7, 11) is 0. The normalized spacial score (nSPS) is 16.1. The number of thiol groups is 1. The molecule has 0 amide bonds. The second-order valence-corrected chi connectivity index (χ2v) is 6.43. The quantitative estimate of drug-likeness (QED) is 0.410. The second-order valence-electron chi connectivity index (χ2n) is 6.07. The van der Waals surface area contributed by atoms with E-state index in [-0.39, 0.29) is 11.8 Å². The van der Waals surface area contributed by atoms with Gasteiger partial charge in [0.05, 0.1) is 0 Å². The molecule has 0 bridgehead atoms. The number of nitrogens with one attached hydrogen (secondary N) is 1. The molecule has 2 heterocycles. The number of carbonyl (C=O) groups is 1. The minimum absolute atomic E-state index is 0.152. The van der Waals surface area contributed by atoms with Crippen molar-refractivity contribution in [3.63, 3.8) is 0 Å².